The first-order chi connectivity index (χ1) is 9.14. The summed E-state index contributed by atoms with van der Waals surface area (Å²) < 4.78 is 28.4. The zero-order valence-corrected chi connectivity index (χ0v) is 12.9. The molecule has 0 aromatic carbocycles. The van der Waals surface area contributed by atoms with Crippen LogP contribution in [-0.2, 0) is 14.6 Å². The zero-order valence-electron chi connectivity index (χ0n) is 12.1. The Kier molecular flexibility index (Phi) is 8.61. The molecule has 1 fully saturated rings. The first-order valence-corrected chi connectivity index (χ1v) is 9.17. The van der Waals surface area contributed by atoms with Gasteiger partial charge in [0.2, 0.25) is 0 Å². The number of nitrogens with one attached hydrogen (secondary N) is 1. The van der Waals surface area contributed by atoms with Crippen molar-refractivity contribution >= 4 is 9.84 Å². The maximum atomic E-state index is 11.5. The number of unbranched alkanes of at least 4 members (excludes halogenated alkanes) is 1. The van der Waals surface area contributed by atoms with E-state index in [1.165, 1.54) is 6.42 Å². The second-order valence-corrected chi connectivity index (χ2v) is 7.37. The van der Waals surface area contributed by atoms with Crippen LogP contribution in [0, 0.1) is 0 Å². The highest BCUT2D eigenvalue weighted by molar-refractivity contribution is 7.91. The fourth-order valence-electron chi connectivity index (χ4n) is 2.07. The van der Waals surface area contributed by atoms with Gasteiger partial charge in [-0.05, 0) is 19.4 Å². The summed E-state index contributed by atoms with van der Waals surface area (Å²) in [4.78, 5) is 2.23. The maximum absolute atomic E-state index is 11.5. The third-order valence-corrected chi connectivity index (χ3v) is 5.03. The molecular weight excluding hydrogens is 264 g/mol. The average Bonchev–Trinajstić information content (AvgIpc) is 2.54. The van der Waals surface area contributed by atoms with Gasteiger partial charge in [-0.2, -0.15) is 0 Å². The van der Waals surface area contributed by atoms with Crippen molar-refractivity contribution in [3.05, 3.63) is 0 Å². The summed E-state index contributed by atoms with van der Waals surface area (Å²) in [6.07, 6.45) is 3.07. The summed E-state index contributed by atoms with van der Waals surface area (Å²) in [7, 11) is -2.78. The molecule has 1 heterocycles. The van der Waals surface area contributed by atoms with Crippen LogP contribution >= 0.6 is 0 Å². The van der Waals surface area contributed by atoms with Gasteiger partial charge < -0.3 is 15.0 Å². The van der Waals surface area contributed by atoms with Crippen LogP contribution in [0.25, 0.3) is 0 Å². The molecule has 0 radical (unpaired) electrons. The summed E-state index contributed by atoms with van der Waals surface area (Å²) >= 11 is 0. The van der Waals surface area contributed by atoms with Crippen molar-refractivity contribution in [1.29, 1.82) is 0 Å². The number of rotatable bonds is 9. The Hall–Kier alpha value is -0.170. The van der Waals surface area contributed by atoms with Gasteiger partial charge in [-0.15, -0.1) is 0 Å². The topological polar surface area (TPSA) is 58.6 Å². The average molecular weight is 292 g/mol. The van der Waals surface area contributed by atoms with Crippen LogP contribution in [0.3, 0.4) is 0 Å². The number of sulfone groups is 1. The van der Waals surface area contributed by atoms with Crippen LogP contribution in [0.2, 0.25) is 0 Å². The van der Waals surface area contributed by atoms with E-state index in [1.807, 2.05) is 0 Å². The Balaban J connectivity index is 1.97. The summed E-state index contributed by atoms with van der Waals surface area (Å²) in [5, 5.41) is 3.33. The number of hydrogen-bond acceptors (Lipinski definition) is 5. The van der Waals surface area contributed by atoms with E-state index in [1.54, 1.807) is 0 Å². The van der Waals surface area contributed by atoms with Gasteiger partial charge in [0, 0.05) is 32.8 Å². The molecule has 0 aromatic heterocycles. The predicted molar refractivity (Wildman–Crippen MR) is 78.3 cm³/mol. The molecule has 19 heavy (non-hydrogen) atoms. The molecule has 5 nitrogen and oxygen atoms in total. The molecule has 0 atom stereocenters. The van der Waals surface area contributed by atoms with Crippen molar-refractivity contribution in [1.82, 2.24) is 10.2 Å². The summed E-state index contributed by atoms with van der Waals surface area (Å²) in [6.45, 7) is 8.03. The first kappa shape index (κ1) is 16.9. The number of hydrogen-bond donors (Lipinski definition) is 1. The summed E-state index contributed by atoms with van der Waals surface area (Å²) in [5.74, 6) is 0.662. The second-order valence-electron chi connectivity index (χ2n) is 5.06. The Morgan fingerprint density at radius 2 is 2.00 bits per heavy atom. The molecule has 0 spiro atoms. The zero-order chi connectivity index (χ0) is 14.0. The fourth-order valence-corrected chi connectivity index (χ4v) is 3.38. The smallest absolute Gasteiger partial charge is 0.151 e. The van der Waals surface area contributed by atoms with Crippen molar-refractivity contribution in [2.45, 2.75) is 26.2 Å². The van der Waals surface area contributed by atoms with Gasteiger partial charge in [-0.25, -0.2) is 8.42 Å². The molecule has 1 rings (SSSR count). The molecule has 114 valence electrons. The van der Waals surface area contributed by atoms with Crippen molar-refractivity contribution in [3.63, 3.8) is 0 Å². The van der Waals surface area contributed by atoms with Crippen LogP contribution in [0.4, 0.5) is 0 Å². The van der Waals surface area contributed by atoms with Crippen LogP contribution in [0.5, 0.6) is 0 Å². The van der Waals surface area contributed by atoms with E-state index in [2.05, 4.69) is 17.1 Å². The van der Waals surface area contributed by atoms with Crippen molar-refractivity contribution in [2.75, 3.05) is 57.4 Å². The molecule has 1 saturated heterocycles. The van der Waals surface area contributed by atoms with Crippen molar-refractivity contribution in [2.24, 2.45) is 0 Å². The SMILES string of the molecule is CCCCOCCNCCN1CCCS(=O)(=O)CC1. The quantitative estimate of drug-likeness (QED) is 0.628. The lowest BCUT2D eigenvalue weighted by atomic mass is 10.4. The lowest BCUT2D eigenvalue weighted by Gasteiger charge is -2.19. The highest BCUT2D eigenvalue weighted by atomic mass is 32.2. The fraction of sp³-hybridized carbons (Fsp3) is 1.00. The van der Waals surface area contributed by atoms with E-state index in [0.717, 1.165) is 52.2 Å². The van der Waals surface area contributed by atoms with Crippen LogP contribution in [-0.4, -0.2) is 70.8 Å². The minimum absolute atomic E-state index is 0.313. The molecular formula is C13H28N2O3S. The monoisotopic (exact) mass is 292 g/mol. The minimum Gasteiger partial charge on any atom is -0.380 e. The molecule has 0 bridgehead atoms. The van der Waals surface area contributed by atoms with Gasteiger partial charge in [-0.3, -0.25) is 0 Å². The van der Waals surface area contributed by atoms with Gasteiger partial charge in [0.15, 0.2) is 9.84 Å². The lowest BCUT2D eigenvalue weighted by Crippen LogP contribution is -2.35. The number of nitrogens with zero attached hydrogens (tertiary/aromatic N) is 1. The maximum Gasteiger partial charge on any atom is 0.151 e. The number of ether oxygens (including phenoxy) is 1. The van der Waals surface area contributed by atoms with Gasteiger partial charge in [0.1, 0.15) is 0 Å². The second kappa shape index (κ2) is 9.69. The van der Waals surface area contributed by atoms with Crippen molar-refractivity contribution < 1.29 is 13.2 Å². The van der Waals surface area contributed by atoms with E-state index in [4.69, 9.17) is 4.74 Å². The van der Waals surface area contributed by atoms with Gasteiger partial charge in [0.25, 0.3) is 0 Å². The predicted octanol–water partition coefficient (Wildman–Crippen LogP) is 0.513. The third kappa shape index (κ3) is 8.57. The summed E-state index contributed by atoms with van der Waals surface area (Å²) in [6, 6.07) is 0. The largest absolute Gasteiger partial charge is 0.380 e. The Bertz CT molecular complexity index is 320. The highest BCUT2D eigenvalue weighted by Crippen LogP contribution is 2.03. The molecule has 0 aromatic rings. The van der Waals surface area contributed by atoms with E-state index in [9.17, 15) is 8.42 Å². The third-order valence-electron chi connectivity index (χ3n) is 3.32. The van der Waals surface area contributed by atoms with Gasteiger partial charge in [0.05, 0.1) is 18.1 Å². The molecule has 6 heteroatoms. The summed E-state index contributed by atoms with van der Waals surface area (Å²) in [5.41, 5.74) is 0. The van der Waals surface area contributed by atoms with Gasteiger partial charge in [-0.1, -0.05) is 13.3 Å². The normalized spacial score (nSPS) is 20.3. The Morgan fingerprint density at radius 3 is 2.79 bits per heavy atom. The van der Waals surface area contributed by atoms with E-state index in [0.29, 0.717) is 18.1 Å². The molecule has 1 aliphatic rings. The standard InChI is InChI=1S/C13H28N2O3S/c1-2-3-10-18-11-6-14-5-8-15-7-4-12-19(16,17)13-9-15/h14H,2-13H2,1H3. The molecule has 0 unspecified atom stereocenters. The molecule has 1 N–H and O–H groups in total. The van der Waals surface area contributed by atoms with E-state index < -0.39 is 9.84 Å². The van der Waals surface area contributed by atoms with Crippen LogP contribution in [0.15, 0.2) is 0 Å². The van der Waals surface area contributed by atoms with Crippen LogP contribution < -0.4 is 5.32 Å². The Labute approximate surface area is 117 Å². The molecule has 0 aliphatic carbocycles. The Morgan fingerprint density at radius 1 is 1.16 bits per heavy atom. The lowest BCUT2D eigenvalue weighted by molar-refractivity contribution is 0.132. The first-order valence-electron chi connectivity index (χ1n) is 7.35. The van der Waals surface area contributed by atoms with E-state index in [-0.39, 0.29) is 0 Å². The van der Waals surface area contributed by atoms with E-state index >= 15 is 0 Å². The van der Waals surface area contributed by atoms with Gasteiger partial charge >= 0.3 is 0 Å². The highest BCUT2D eigenvalue weighted by Gasteiger charge is 2.18. The molecule has 0 amide bonds. The van der Waals surface area contributed by atoms with Crippen LogP contribution in [0.1, 0.15) is 26.2 Å². The molecule has 1 aliphatic heterocycles. The minimum atomic E-state index is -2.78. The molecule has 0 saturated carbocycles. The van der Waals surface area contributed by atoms with Crippen molar-refractivity contribution in [3.8, 4) is 0 Å².